The lowest BCUT2D eigenvalue weighted by Gasteiger charge is -2.32. The molecule has 0 unspecified atom stereocenters. The zero-order chi connectivity index (χ0) is 22.4. The lowest BCUT2D eigenvalue weighted by Crippen LogP contribution is -2.48. The van der Waals surface area contributed by atoms with Crippen LogP contribution in [-0.4, -0.2) is 59.9 Å². The number of hydrogen-bond acceptors (Lipinski definition) is 5. The van der Waals surface area contributed by atoms with Crippen LogP contribution in [0.2, 0.25) is 0 Å². The highest BCUT2D eigenvalue weighted by atomic mass is 16.5. The third kappa shape index (κ3) is 5.81. The minimum Gasteiger partial charge on any atom is -0.451 e. The molecule has 0 aliphatic carbocycles. The van der Waals surface area contributed by atoms with Gasteiger partial charge in [0.05, 0.1) is 0 Å². The Labute approximate surface area is 177 Å². The maximum Gasteiger partial charge on any atom is 0.326 e. The highest BCUT2D eigenvalue weighted by molar-refractivity contribution is 5.98. The summed E-state index contributed by atoms with van der Waals surface area (Å²) in [6.07, 6.45) is 0.435. The van der Waals surface area contributed by atoms with E-state index in [0.29, 0.717) is 18.5 Å². The number of nitrogens with zero attached hydrogens (tertiary/aromatic N) is 2. The normalized spacial score (nSPS) is 14.8. The second kappa shape index (κ2) is 10.2. The number of carbonyl (C=O) groups is 4. The van der Waals surface area contributed by atoms with E-state index in [1.807, 2.05) is 27.7 Å². The van der Waals surface area contributed by atoms with Gasteiger partial charge in [0.15, 0.2) is 6.10 Å². The van der Waals surface area contributed by atoms with E-state index in [-0.39, 0.29) is 30.4 Å². The van der Waals surface area contributed by atoms with Crippen LogP contribution in [-0.2, 0) is 19.1 Å². The summed E-state index contributed by atoms with van der Waals surface area (Å²) < 4.78 is 5.19. The van der Waals surface area contributed by atoms with Crippen molar-refractivity contribution in [3.05, 3.63) is 29.8 Å². The molecule has 1 aromatic rings. The molecule has 0 saturated carbocycles. The highest BCUT2D eigenvalue weighted by Gasteiger charge is 2.27. The van der Waals surface area contributed by atoms with Gasteiger partial charge < -0.3 is 19.9 Å². The molecule has 1 fully saturated rings. The molecule has 1 atom stereocenters. The Morgan fingerprint density at radius 2 is 1.67 bits per heavy atom. The molecule has 3 amide bonds. The van der Waals surface area contributed by atoms with Gasteiger partial charge in [-0.3, -0.25) is 19.2 Å². The predicted molar refractivity (Wildman–Crippen MR) is 113 cm³/mol. The van der Waals surface area contributed by atoms with Crippen LogP contribution in [0.25, 0.3) is 0 Å². The maximum absolute atomic E-state index is 12.5. The molecule has 8 heteroatoms. The predicted octanol–water partition coefficient (Wildman–Crippen LogP) is 2.12. The number of ether oxygens (including phenoxy) is 1. The van der Waals surface area contributed by atoms with Gasteiger partial charge in [0.1, 0.15) is 6.54 Å². The molecule has 2 rings (SSSR count). The van der Waals surface area contributed by atoms with Crippen molar-refractivity contribution >= 4 is 29.4 Å². The summed E-state index contributed by atoms with van der Waals surface area (Å²) >= 11 is 0. The van der Waals surface area contributed by atoms with Crippen LogP contribution < -0.4 is 10.2 Å². The van der Waals surface area contributed by atoms with Gasteiger partial charge in [-0.2, -0.15) is 0 Å². The van der Waals surface area contributed by atoms with Gasteiger partial charge in [0.2, 0.25) is 5.91 Å². The summed E-state index contributed by atoms with van der Waals surface area (Å²) in [6, 6.07) is 6.61. The van der Waals surface area contributed by atoms with Gasteiger partial charge in [-0.25, -0.2) is 0 Å². The van der Waals surface area contributed by atoms with Crippen molar-refractivity contribution in [2.45, 2.75) is 65.6 Å². The van der Waals surface area contributed by atoms with Crippen molar-refractivity contribution in [1.29, 1.82) is 0 Å². The van der Waals surface area contributed by atoms with E-state index in [4.69, 9.17) is 4.74 Å². The first-order valence-electron chi connectivity index (χ1n) is 10.3. The molecule has 0 aromatic heterocycles. The van der Waals surface area contributed by atoms with E-state index in [9.17, 15) is 19.2 Å². The summed E-state index contributed by atoms with van der Waals surface area (Å²) in [4.78, 5) is 52.0. The van der Waals surface area contributed by atoms with Crippen molar-refractivity contribution in [3.63, 3.8) is 0 Å². The topological polar surface area (TPSA) is 96.0 Å². The second-order valence-corrected chi connectivity index (χ2v) is 7.94. The fraction of sp³-hybridized carbons (Fsp3) is 0.545. The summed E-state index contributed by atoms with van der Waals surface area (Å²) in [6.45, 7) is 9.47. The zero-order valence-corrected chi connectivity index (χ0v) is 18.3. The van der Waals surface area contributed by atoms with Crippen LogP contribution in [0, 0.1) is 0 Å². The number of hydrogen-bond donors (Lipinski definition) is 1. The number of esters is 1. The number of anilines is 1. The molecule has 1 aromatic carbocycles. The first-order chi connectivity index (χ1) is 14.1. The fourth-order valence-electron chi connectivity index (χ4n) is 3.57. The van der Waals surface area contributed by atoms with Gasteiger partial charge >= 0.3 is 5.97 Å². The SMILES string of the molecule is CC(C)N(C(=O)[C@@H](C)OC(=O)CNC(=O)c1ccc(N2CCCC2=O)cc1)C(C)C. The van der Waals surface area contributed by atoms with Gasteiger partial charge in [0.25, 0.3) is 11.8 Å². The molecule has 1 aliphatic rings. The molecule has 8 nitrogen and oxygen atoms in total. The molecule has 1 aliphatic heterocycles. The van der Waals surface area contributed by atoms with Crippen molar-refractivity contribution in [2.24, 2.45) is 0 Å². The van der Waals surface area contributed by atoms with Gasteiger partial charge in [-0.1, -0.05) is 0 Å². The standard InChI is InChI=1S/C22H31N3O5/c1-14(2)25(15(3)4)22(29)16(5)30-20(27)13-23-21(28)17-8-10-18(11-9-17)24-12-6-7-19(24)26/h8-11,14-16H,6-7,12-13H2,1-5H3,(H,23,28)/t16-/m1/s1. The van der Waals surface area contributed by atoms with Crippen LogP contribution in [0.3, 0.4) is 0 Å². The smallest absolute Gasteiger partial charge is 0.326 e. The lowest BCUT2D eigenvalue weighted by molar-refractivity contribution is -0.160. The third-order valence-electron chi connectivity index (χ3n) is 4.93. The number of carbonyl (C=O) groups excluding carboxylic acids is 4. The molecule has 1 saturated heterocycles. The molecular formula is C22H31N3O5. The molecule has 0 bridgehead atoms. The van der Waals surface area contributed by atoms with Crippen LogP contribution in [0.1, 0.15) is 57.8 Å². The molecule has 164 valence electrons. The Morgan fingerprint density at radius 1 is 1.07 bits per heavy atom. The average molecular weight is 418 g/mol. The minimum absolute atomic E-state index is 0.0165. The van der Waals surface area contributed by atoms with Gasteiger partial charge in [-0.05, 0) is 65.3 Å². The Hall–Kier alpha value is -2.90. The van der Waals surface area contributed by atoms with E-state index >= 15 is 0 Å². The van der Waals surface area contributed by atoms with Gasteiger partial charge in [0, 0.05) is 36.3 Å². The zero-order valence-electron chi connectivity index (χ0n) is 18.3. The maximum atomic E-state index is 12.5. The summed E-state index contributed by atoms with van der Waals surface area (Å²) in [7, 11) is 0. The van der Waals surface area contributed by atoms with Crippen molar-refractivity contribution in [1.82, 2.24) is 10.2 Å². The Balaban J connectivity index is 1.86. The minimum atomic E-state index is -0.934. The second-order valence-electron chi connectivity index (χ2n) is 7.94. The first kappa shape index (κ1) is 23.4. The lowest BCUT2D eigenvalue weighted by atomic mass is 10.2. The molecule has 0 spiro atoms. The summed E-state index contributed by atoms with van der Waals surface area (Å²) in [5.74, 6) is -1.31. The van der Waals surface area contributed by atoms with Crippen molar-refractivity contribution in [3.8, 4) is 0 Å². The highest BCUT2D eigenvalue weighted by Crippen LogP contribution is 2.21. The number of nitrogens with one attached hydrogen (secondary N) is 1. The quantitative estimate of drug-likeness (QED) is 0.654. The Kier molecular flexibility index (Phi) is 7.97. The van der Waals surface area contributed by atoms with Crippen LogP contribution in [0.4, 0.5) is 5.69 Å². The molecule has 30 heavy (non-hydrogen) atoms. The van der Waals surface area contributed by atoms with Gasteiger partial charge in [-0.15, -0.1) is 0 Å². The summed E-state index contributed by atoms with van der Waals surface area (Å²) in [5, 5.41) is 2.50. The summed E-state index contributed by atoms with van der Waals surface area (Å²) in [5.41, 5.74) is 1.12. The van der Waals surface area contributed by atoms with E-state index in [2.05, 4.69) is 5.32 Å². The number of benzene rings is 1. The molecular weight excluding hydrogens is 386 g/mol. The largest absolute Gasteiger partial charge is 0.451 e. The molecule has 0 radical (unpaired) electrons. The average Bonchev–Trinajstić information content (AvgIpc) is 3.11. The third-order valence-corrected chi connectivity index (χ3v) is 4.93. The fourth-order valence-corrected chi connectivity index (χ4v) is 3.57. The monoisotopic (exact) mass is 417 g/mol. The number of rotatable bonds is 8. The van der Waals surface area contributed by atoms with Crippen LogP contribution >= 0.6 is 0 Å². The molecule has 1 heterocycles. The van der Waals surface area contributed by atoms with Crippen LogP contribution in [0.5, 0.6) is 0 Å². The van der Waals surface area contributed by atoms with E-state index in [1.165, 1.54) is 6.92 Å². The van der Waals surface area contributed by atoms with Crippen molar-refractivity contribution in [2.75, 3.05) is 18.0 Å². The van der Waals surface area contributed by atoms with Crippen LogP contribution in [0.15, 0.2) is 24.3 Å². The van der Waals surface area contributed by atoms with E-state index < -0.39 is 18.0 Å². The van der Waals surface area contributed by atoms with E-state index in [1.54, 1.807) is 34.1 Å². The Morgan fingerprint density at radius 3 is 2.17 bits per heavy atom. The number of amides is 3. The Bertz CT molecular complexity index is 780. The first-order valence-corrected chi connectivity index (χ1v) is 10.3. The van der Waals surface area contributed by atoms with Crippen molar-refractivity contribution < 1.29 is 23.9 Å². The molecule has 1 N–H and O–H groups in total. The van der Waals surface area contributed by atoms with E-state index in [0.717, 1.165) is 12.1 Å².